The Bertz CT molecular complexity index is 477. The molecule has 4 nitrogen and oxygen atoms in total. The molecule has 1 atom stereocenters. The molecule has 1 fully saturated rings. The second-order valence-electron chi connectivity index (χ2n) is 4.56. The number of ether oxygens (including phenoxy) is 2. The molecular formula is C13H14ClNO3. The summed E-state index contributed by atoms with van der Waals surface area (Å²) in [6.07, 6.45) is 0.526. The van der Waals surface area contributed by atoms with Crippen molar-refractivity contribution in [2.45, 2.75) is 6.42 Å². The zero-order chi connectivity index (χ0) is 12.5. The lowest BCUT2D eigenvalue weighted by molar-refractivity contribution is -0.117. The third kappa shape index (κ3) is 2.01. The van der Waals surface area contributed by atoms with E-state index in [1.165, 1.54) is 0 Å². The van der Waals surface area contributed by atoms with Gasteiger partial charge in [-0.2, -0.15) is 0 Å². The van der Waals surface area contributed by atoms with Gasteiger partial charge in [0.05, 0.1) is 0 Å². The molecule has 1 amide bonds. The molecule has 1 aromatic carbocycles. The van der Waals surface area contributed by atoms with Gasteiger partial charge in [0.15, 0.2) is 11.5 Å². The largest absolute Gasteiger partial charge is 0.486 e. The summed E-state index contributed by atoms with van der Waals surface area (Å²) in [7, 11) is 0. The summed E-state index contributed by atoms with van der Waals surface area (Å²) in [6.45, 7) is 1.81. The third-order valence-electron chi connectivity index (χ3n) is 3.26. The van der Waals surface area contributed by atoms with Crippen molar-refractivity contribution >= 4 is 23.2 Å². The van der Waals surface area contributed by atoms with E-state index in [1.807, 2.05) is 18.2 Å². The van der Waals surface area contributed by atoms with Crippen molar-refractivity contribution in [3.8, 4) is 11.5 Å². The average molecular weight is 268 g/mol. The van der Waals surface area contributed by atoms with Crippen LogP contribution in [0.3, 0.4) is 0 Å². The van der Waals surface area contributed by atoms with Crippen LogP contribution in [-0.2, 0) is 4.79 Å². The maximum atomic E-state index is 11.9. The molecule has 2 aliphatic rings. The van der Waals surface area contributed by atoms with Crippen molar-refractivity contribution in [2.24, 2.45) is 5.92 Å². The van der Waals surface area contributed by atoms with E-state index in [0.29, 0.717) is 37.8 Å². The number of anilines is 1. The molecule has 0 aliphatic carbocycles. The molecule has 0 radical (unpaired) electrons. The van der Waals surface area contributed by atoms with E-state index in [0.717, 1.165) is 11.4 Å². The Labute approximate surface area is 110 Å². The van der Waals surface area contributed by atoms with Crippen LogP contribution in [0.2, 0.25) is 0 Å². The van der Waals surface area contributed by atoms with Crippen molar-refractivity contribution in [3.63, 3.8) is 0 Å². The van der Waals surface area contributed by atoms with E-state index in [4.69, 9.17) is 21.1 Å². The van der Waals surface area contributed by atoms with E-state index in [-0.39, 0.29) is 11.8 Å². The Morgan fingerprint density at radius 2 is 2.06 bits per heavy atom. The number of hydrogen-bond donors (Lipinski definition) is 0. The van der Waals surface area contributed by atoms with Gasteiger partial charge >= 0.3 is 0 Å². The van der Waals surface area contributed by atoms with Crippen molar-refractivity contribution in [1.82, 2.24) is 0 Å². The minimum atomic E-state index is 0.123. The average Bonchev–Trinajstić information content (AvgIpc) is 2.79. The minimum absolute atomic E-state index is 0.123. The van der Waals surface area contributed by atoms with Crippen LogP contribution in [0.5, 0.6) is 11.5 Å². The fraction of sp³-hybridized carbons (Fsp3) is 0.462. The van der Waals surface area contributed by atoms with E-state index in [1.54, 1.807) is 4.90 Å². The van der Waals surface area contributed by atoms with Crippen LogP contribution < -0.4 is 14.4 Å². The molecule has 1 saturated heterocycles. The number of fused-ring (bicyclic) bond motifs is 1. The van der Waals surface area contributed by atoms with Gasteiger partial charge in [0.1, 0.15) is 13.2 Å². The van der Waals surface area contributed by atoms with Crippen LogP contribution >= 0.6 is 11.6 Å². The molecule has 0 bridgehead atoms. The highest BCUT2D eigenvalue weighted by atomic mass is 35.5. The number of benzene rings is 1. The number of halogens is 1. The molecule has 2 heterocycles. The monoisotopic (exact) mass is 267 g/mol. The van der Waals surface area contributed by atoms with Gasteiger partial charge in [-0.25, -0.2) is 0 Å². The Morgan fingerprint density at radius 1 is 1.28 bits per heavy atom. The highest BCUT2D eigenvalue weighted by Gasteiger charge is 2.30. The van der Waals surface area contributed by atoms with Gasteiger partial charge in [0.25, 0.3) is 0 Å². The van der Waals surface area contributed by atoms with Gasteiger partial charge in [-0.15, -0.1) is 11.6 Å². The van der Waals surface area contributed by atoms with Crippen LogP contribution in [0.25, 0.3) is 0 Å². The molecule has 0 spiro atoms. The lowest BCUT2D eigenvalue weighted by Gasteiger charge is -2.22. The zero-order valence-electron chi connectivity index (χ0n) is 9.89. The summed E-state index contributed by atoms with van der Waals surface area (Å²) in [5.74, 6) is 2.34. The Kier molecular flexibility index (Phi) is 3.04. The fourth-order valence-electron chi connectivity index (χ4n) is 2.33. The molecule has 1 unspecified atom stereocenters. The Balaban J connectivity index is 1.86. The van der Waals surface area contributed by atoms with E-state index in [2.05, 4.69) is 0 Å². The van der Waals surface area contributed by atoms with Gasteiger partial charge < -0.3 is 14.4 Å². The summed E-state index contributed by atoms with van der Waals surface area (Å²) < 4.78 is 11.0. The number of rotatable bonds is 2. The van der Waals surface area contributed by atoms with Gasteiger partial charge in [-0.3, -0.25) is 4.79 Å². The first-order valence-electron chi connectivity index (χ1n) is 6.04. The second-order valence-corrected chi connectivity index (χ2v) is 4.87. The predicted molar refractivity (Wildman–Crippen MR) is 68.6 cm³/mol. The van der Waals surface area contributed by atoms with Crippen LogP contribution in [0.1, 0.15) is 6.42 Å². The van der Waals surface area contributed by atoms with E-state index in [9.17, 15) is 4.79 Å². The Hall–Kier alpha value is -1.42. The van der Waals surface area contributed by atoms with Crippen LogP contribution in [0, 0.1) is 5.92 Å². The van der Waals surface area contributed by atoms with Crippen LogP contribution in [-0.4, -0.2) is 31.5 Å². The van der Waals surface area contributed by atoms with Crippen molar-refractivity contribution in [2.75, 3.05) is 30.5 Å². The standard InChI is InChI=1S/C13H14ClNO3/c14-7-9-5-13(16)15(8-9)10-1-2-11-12(6-10)18-4-3-17-11/h1-2,6,9H,3-5,7-8H2. The number of amides is 1. The van der Waals surface area contributed by atoms with Gasteiger partial charge in [0, 0.05) is 30.6 Å². The van der Waals surface area contributed by atoms with Gasteiger partial charge in [-0.1, -0.05) is 0 Å². The van der Waals surface area contributed by atoms with E-state index < -0.39 is 0 Å². The Morgan fingerprint density at radius 3 is 2.78 bits per heavy atom. The molecule has 5 heteroatoms. The first kappa shape index (κ1) is 11.7. The van der Waals surface area contributed by atoms with Gasteiger partial charge in [-0.05, 0) is 18.1 Å². The summed E-state index contributed by atoms with van der Waals surface area (Å²) in [4.78, 5) is 13.7. The lowest BCUT2D eigenvalue weighted by Crippen LogP contribution is -2.25. The minimum Gasteiger partial charge on any atom is -0.486 e. The molecule has 1 aromatic rings. The molecule has 0 saturated carbocycles. The summed E-state index contributed by atoms with van der Waals surface area (Å²) >= 11 is 5.82. The quantitative estimate of drug-likeness (QED) is 0.770. The zero-order valence-corrected chi connectivity index (χ0v) is 10.7. The van der Waals surface area contributed by atoms with Crippen molar-refractivity contribution in [3.05, 3.63) is 18.2 Å². The highest BCUT2D eigenvalue weighted by Crippen LogP contribution is 2.35. The first-order valence-corrected chi connectivity index (χ1v) is 6.57. The first-order chi connectivity index (χ1) is 8.78. The number of alkyl halides is 1. The number of carbonyl (C=O) groups excluding carboxylic acids is 1. The van der Waals surface area contributed by atoms with Crippen LogP contribution in [0.15, 0.2) is 18.2 Å². The number of hydrogen-bond acceptors (Lipinski definition) is 3. The van der Waals surface area contributed by atoms with Gasteiger partial charge in [0.2, 0.25) is 5.91 Å². The molecule has 0 aromatic heterocycles. The number of nitrogens with zero attached hydrogens (tertiary/aromatic N) is 1. The fourth-order valence-corrected chi connectivity index (χ4v) is 2.54. The topological polar surface area (TPSA) is 38.8 Å². The molecule has 18 heavy (non-hydrogen) atoms. The van der Waals surface area contributed by atoms with Crippen molar-refractivity contribution in [1.29, 1.82) is 0 Å². The number of carbonyl (C=O) groups is 1. The molecule has 3 rings (SSSR count). The van der Waals surface area contributed by atoms with Crippen molar-refractivity contribution < 1.29 is 14.3 Å². The highest BCUT2D eigenvalue weighted by molar-refractivity contribution is 6.18. The molecule has 2 aliphatic heterocycles. The van der Waals surface area contributed by atoms with E-state index >= 15 is 0 Å². The summed E-state index contributed by atoms with van der Waals surface area (Å²) in [5, 5.41) is 0. The maximum absolute atomic E-state index is 11.9. The lowest BCUT2D eigenvalue weighted by atomic mass is 10.1. The SMILES string of the molecule is O=C1CC(CCl)CN1c1ccc2c(c1)OCCO2. The van der Waals surface area contributed by atoms with Crippen LogP contribution in [0.4, 0.5) is 5.69 Å². The predicted octanol–water partition coefficient (Wildman–Crippen LogP) is 2.05. The molecular weight excluding hydrogens is 254 g/mol. The summed E-state index contributed by atoms with van der Waals surface area (Å²) in [5.41, 5.74) is 0.858. The normalized spacial score (nSPS) is 22.4. The summed E-state index contributed by atoms with van der Waals surface area (Å²) in [6, 6.07) is 5.61. The smallest absolute Gasteiger partial charge is 0.227 e. The molecule has 0 N–H and O–H groups in total. The third-order valence-corrected chi connectivity index (χ3v) is 3.70. The molecule has 96 valence electrons. The second kappa shape index (κ2) is 4.69. The maximum Gasteiger partial charge on any atom is 0.227 e.